The van der Waals surface area contributed by atoms with E-state index in [-0.39, 0.29) is 10.7 Å². The molecule has 3 nitrogen and oxygen atoms in total. The van der Waals surface area contributed by atoms with Crippen LogP contribution in [0.2, 0.25) is 0 Å². The van der Waals surface area contributed by atoms with Crippen molar-refractivity contribution in [2.75, 3.05) is 12.5 Å². The van der Waals surface area contributed by atoms with Crippen molar-refractivity contribution >= 4 is 16.8 Å². The van der Waals surface area contributed by atoms with Gasteiger partial charge in [-0.2, -0.15) is 4.36 Å². The Hall–Kier alpha value is -1.16. The molecule has 0 fully saturated rings. The molecule has 1 rings (SSSR count). The fraction of sp³-hybridized carbons (Fsp3) is 0.300. The van der Waals surface area contributed by atoms with Crippen LogP contribution in [-0.4, -0.2) is 18.6 Å². The Morgan fingerprint density at radius 2 is 1.86 bits per heavy atom. The lowest BCUT2D eigenvalue weighted by molar-refractivity contribution is 0.212. The fourth-order valence-corrected chi connectivity index (χ4v) is 1.21. The van der Waals surface area contributed by atoms with Crippen molar-refractivity contribution in [3.63, 3.8) is 0 Å². The second-order valence-electron chi connectivity index (χ2n) is 3.05. The molecule has 0 aliphatic carbocycles. The lowest BCUT2D eigenvalue weighted by Crippen LogP contribution is -2.03. The van der Waals surface area contributed by atoms with Crippen LogP contribution >= 0.6 is 0 Å². The molecule has 4 heteroatoms. The number of hydrogen-bond donors (Lipinski definition) is 0. The monoisotopic (exact) mass is 211 g/mol. The van der Waals surface area contributed by atoms with Crippen molar-refractivity contribution < 1.29 is 9.53 Å². The Bertz CT molecular complexity index is 353. The summed E-state index contributed by atoms with van der Waals surface area (Å²) < 4.78 is 8.74. The molecule has 0 aliphatic rings. The number of amides is 1. The van der Waals surface area contributed by atoms with E-state index in [0.29, 0.717) is 5.75 Å². The van der Waals surface area contributed by atoms with E-state index in [4.69, 9.17) is 4.74 Å². The molecule has 0 aromatic heterocycles. The van der Waals surface area contributed by atoms with Gasteiger partial charge in [-0.1, -0.05) is 28.4 Å². The molecule has 0 saturated carbocycles. The van der Waals surface area contributed by atoms with Gasteiger partial charge in [0.1, 0.15) is 5.75 Å². The van der Waals surface area contributed by atoms with Crippen LogP contribution in [0.3, 0.4) is 0 Å². The van der Waals surface area contributed by atoms with Crippen molar-refractivity contribution in [2.24, 2.45) is 4.36 Å². The van der Waals surface area contributed by atoms with Crippen LogP contribution < -0.4 is 4.74 Å². The molecule has 0 unspecified atom stereocenters. The quantitative estimate of drug-likeness (QED) is 0.716. The zero-order chi connectivity index (χ0) is 10.6. The molecule has 0 N–H and O–H groups in total. The van der Waals surface area contributed by atoms with Gasteiger partial charge in [0.15, 0.2) is 0 Å². The number of aryl methyl sites for hydroxylation is 1. The van der Waals surface area contributed by atoms with Gasteiger partial charge in [0.2, 0.25) is 0 Å². The fourth-order valence-electron chi connectivity index (χ4n) is 0.875. The van der Waals surface area contributed by atoms with Gasteiger partial charge in [0.05, 0.1) is 0 Å². The minimum absolute atomic E-state index is 0.273. The Kier molecular flexibility index (Phi) is 3.83. The predicted molar refractivity (Wildman–Crippen MR) is 58.8 cm³/mol. The molecule has 0 spiro atoms. The number of benzene rings is 1. The first-order chi connectivity index (χ1) is 6.58. The maximum absolute atomic E-state index is 11.1. The molecule has 0 heterocycles. The van der Waals surface area contributed by atoms with Gasteiger partial charge in [-0.05, 0) is 31.6 Å². The number of carbonyl (C=O) groups excluding carboxylic acids is 1. The van der Waals surface area contributed by atoms with Gasteiger partial charge in [-0.25, -0.2) is 4.79 Å². The van der Waals surface area contributed by atoms with Gasteiger partial charge < -0.3 is 4.74 Å². The van der Waals surface area contributed by atoms with Gasteiger partial charge in [-0.3, -0.25) is 0 Å². The number of nitrogens with zero attached hydrogens (tertiary/aromatic N) is 1. The molecule has 1 aromatic carbocycles. The first kappa shape index (κ1) is 10.9. The molecule has 14 heavy (non-hydrogen) atoms. The highest BCUT2D eigenvalue weighted by Gasteiger charge is 2.01. The van der Waals surface area contributed by atoms with Crippen LogP contribution in [0.15, 0.2) is 28.6 Å². The predicted octanol–water partition coefficient (Wildman–Crippen LogP) is 2.56. The van der Waals surface area contributed by atoms with Crippen molar-refractivity contribution in [1.29, 1.82) is 0 Å². The first-order valence-electron chi connectivity index (χ1n) is 4.16. The minimum Gasteiger partial charge on any atom is -0.408 e. The van der Waals surface area contributed by atoms with E-state index in [2.05, 4.69) is 4.36 Å². The Morgan fingerprint density at radius 1 is 1.29 bits per heavy atom. The molecule has 76 valence electrons. The number of ether oxygens (including phenoxy) is 1. The summed E-state index contributed by atoms with van der Waals surface area (Å²) in [5.41, 5.74) is 1.13. The summed E-state index contributed by atoms with van der Waals surface area (Å²) in [5, 5.41) is 0. The average molecular weight is 211 g/mol. The third kappa shape index (κ3) is 3.70. The highest BCUT2D eigenvalue weighted by atomic mass is 32.2. The molecule has 0 saturated heterocycles. The normalized spacial score (nSPS) is 10.0. The Balaban J connectivity index is 2.66. The van der Waals surface area contributed by atoms with Crippen LogP contribution in [0.25, 0.3) is 0 Å². The van der Waals surface area contributed by atoms with Gasteiger partial charge in [0.25, 0.3) is 0 Å². The van der Waals surface area contributed by atoms with E-state index < -0.39 is 6.09 Å². The summed E-state index contributed by atoms with van der Waals surface area (Å²) in [4.78, 5) is 11.1. The van der Waals surface area contributed by atoms with Crippen LogP contribution in [0.5, 0.6) is 5.75 Å². The highest BCUT2D eigenvalue weighted by Crippen LogP contribution is 2.11. The topological polar surface area (TPSA) is 38.7 Å². The van der Waals surface area contributed by atoms with Crippen LogP contribution in [0.1, 0.15) is 5.56 Å². The molecule has 0 atom stereocenters. The third-order valence-electron chi connectivity index (χ3n) is 1.48. The molecular weight excluding hydrogens is 198 g/mol. The Labute approximate surface area is 86.2 Å². The lowest BCUT2D eigenvalue weighted by atomic mass is 10.2. The first-order valence-corrected chi connectivity index (χ1v) is 6.15. The maximum Gasteiger partial charge on any atom is 0.445 e. The second kappa shape index (κ2) is 4.91. The van der Waals surface area contributed by atoms with Crippen LogP contribution in [-0.2, 0) is 10.7 Å². The standard InChI is InChI=1S/C10H13NO2S/c1-8-4-6-9(7-5-8)13-10(12)11-14(2)3/h4-7H,1-3H3. The second-order valence-corrected chi connectivity index (χ2v) is 4.78. The zero-order valence-corrected chi connectivity index (χ0v) is 9.30. The SMILES string of the molecule is Cc1ccc(OC(=O)N=S(C)C)cc1. The molecule has 1 aromatic rings. The number of carbonyl (C=O) groups is 1. The van der Waals surface area contributed by atoms with Gasteiger partial charge in [0, 0.05) is 0 Å². The zero-order valence-electron chi connectivity index (χ0n) is 8.48. The van der Waals surface area contributed by atoms with Gasteiger partial charge in [-0.15, -0.1) is 0 Å². The summed E-state index contributed by atoms with van der Waals surface area (Å²) in [5.74, 6) is 0.537. The lowest BCUT2D eigenvalue weighted by Gasteiger charge is -2.00. The Morgan fingerprint density at radius 3 is 2.36 bits per heavy atom. The van der Waals surface area contributed by atoms with E-state index in [1.807, 2.05) is 31.6 Å². The minimum atomic E-state index is -0.526. The molecule has 0 radical (unpaired) electrons. The third-order valence-corrected chi connectivity index (χ3v) is 2.00. The van der Waals surface area contributed by atoms with E-state index >= 15 is 0 Å². The molecule has 0 bridgehead atoms. The summed E-state index contributed by atoms with van der Waals surface area (Å²) >= 11 is 0. The smallest absolute Gasteiger partial charge is 0.408 e. The summed E-state index contributed by atoms with van der Waals surface area (Å²) in [7, 11) is -0.273. The van der Waals surface area contributed by atoms with E-state index in [9.17, 15) is 4.79 Å². The number of hydrogen-bond acceptors (Lipinski definition) is 2. The molecule has 0 aliphatic heterocycles. The highest BCUT2D eigenvalue weighted by molar-refractivity contribution is 7.86. The van der Waals surface area contributed by atoms with Crippen LogP contribution in [0.4, 0.5) is 4.79 Å². The van der Waals surface area contributed by atoms with Crippen LogP contribution in [0, 0.1) is 6.92 Å². The summed E-state index contributed by atoms with van der Waals surface area (Å²) in [6, 6.07) is 7.29. The van der Waals surface area contributed by atoms with Crippen molar-refractivity contribution in [3.8, 4) is 5.75 Å². The van der Waals surface area contributed by atoms with Gasteiger partial charge >= 0.3 is 6.09 Å². The molecule has 1 amide bonds. The van der Waals surface area contributed by atoms with E-state index in [1.165, 1.54) is 0 Å². The largest absolute Gasteiger partial charge is 0.445 e. The van der Waals surface area contributed by atoms with E-state index in [1.54, 1.807) is 12.1 Å². The van der Waals surface area contributed by atoms with Crippen molar-refractivity contribution in [1.82, 2.24) is 0 Å². The van der Waals surface area contributed by atoms with Crippen molar-refractivity contribution in [2.45, 2.75) is 6.92 Å². The summed E-state index contributed by atoms with van der Waals surface area (Å²) in [6.07, 6.45) is 3.19. The summed E-state index contributed by atoms with van der Waals surface area (Å²) in [6.45, 7) is 1.98. The number of rotatable bonds is 1. The van der Waals surface area contributed by atoms with E-state index in [0.717, 1.165) is 5.56 Å². The van der Waals surface area contributed by atoms with Crippen molar-refractivity contribution in [3.05, 3.63) is 29.8 Å². The maximum atomic E-state index is 11.1. The molecular formula is C10H13NO2S. The average Bonchev–Trinajstić information content (AvgIpc) is 2.07.